The van der Waals surface area contributed by atoms with Crippen molar-refractivity contribution in [3.8, 4) is 11.4 Å². The zero-order valence-electron chi connectivity index (χ0n) is 17.9. The van der Waals surface area contributed by atoms with Crippen LogP contribution in [0.3, 0.4) is 0 Å². The van der Waals surface area contributed by atoms with Crippen molar-refractivity contribution in [2.24, 2.45) is 7.05 Å². The second-order valence-electron chi connectivity index (χ2n) is 7.62. The smallest absolute Gasteiger partial charge is 0.356 e. The van der Waals surface area contributed by atoms with Crippen LogP contribution in [-0.4, -0.2) is 30.6 Å². The predicted octanol–water partition coefficient (Wildman–Crippen LogP) is 4.88. The maximum Gasteiger partial charge on any atom is 0.356 e. The van der Waals surface area contributed by atoms with Gasteiger partial charge in [-0.3, -0.25) is 9.36 Å². The molecule has 0 amide bonds. The number of fused-ring (bicyclic) bond motifs is 1. The van der Waals surface area contributed by atoms with Crippen LogP contribution < -0.4 is 10.9 Å². The number of benzene rings is 1. The summed E-state index contributed by atoms with van der Waals surface area (Å²) < 4.78 is 1.47. The minimum atomic E-state index is -1.20. The van der Waals surface area contributed by atoms with E-state index >= 15 is 0 Å². The lowest BCUT2D eigenvalue weighted by atomic mass is 10.0. The van der Waals surface area contributed by atoms with Gasteiger partial charge in [0.15, 0.2) is 5.69 Å². The molecule has 0 saturated heterocycles. The molecular formula is C23H19Cl2N5O3. The Bertz CT molecular complexity index is 1450. The standard InChI is InChI=1S/C23H19Cl2N5O3/c1-11-8-14(12(2)27-16-5-7-18(25)28-20(16)23(32)33)19-15(9-11)22(31)30(3)21(29-19)13-4-6-17(24)26-10-13/h4-10,12,27H,1-3H3,(H,32,33)/t12-/m1/s1. The van der Waals surface area contributed by atoms with Crippen LogP contribution in [0.2, 0.25) is 10.3 Å². The van der Waals surface area contributed by atoms with Crippen LogP contribution >= 0.6 is 23.2 Å². The summed E-state index contributed by atoms with van der Waals surface area (Å²) in [6.07, 6.45) is 1.56. The summed E-state index contributed by atoms with van der Waals surface area (Å²) in [6, 6.07) is 9.76. The molecule has 8 nitrogen and oxygen atoms in total. The zero-order chi connectivity index (χ0) is 23.9. The maximum absolute atomic E-state index is 13.2. The Morgan fingerprint density at radius 1 is 1.12 bits per heavy atom. The Morgan fingerprint density at radius 3 is 2.52 bits per heavy atom. The Kier molecular flexibility index (Phi) is 6.05. The molecular weight excluding hydrogens is 465 g/mol. The number of pyridine rings is 2. The van der Waals surface area contributed by atoms with Gasteiger partial charge in [-0.1, -0.05) is 29.3 Å². The molecule has 0 fully saturated rings. The van der Waals surface area contributed by atoms with E-state index in [1.54, 1.807) is 37.5 Å². The molecule has 0 unspecified atom stereocenters. The number of nitrogens with one attached hydrogen (secondary N) is 1. The molecule has 33 heavy (non-hydrogen) atoms. The third-order valence-electron chi connectivity index (χ3n) is 5.24. The second-order valence-corrected chi connectivity index (χ2v) is 8.40. The van der Waals surface area contributed by atoms with Gasteiger partial charge in [0.25, 0.3) is 5.56 Å². The normalized spacial score (nSPS) is 12.0. The average molecular weight is 484 g/mol. The highest BCUT2D eigenvalue weighted by atomic mass is 35.5. The van der Waals surface area contributed by atoms with E-state index in [2.05, 4.69) is 15.3 Å². The molecule has 4 rings (SSSR count). The minimum Gasteiger partial charge on any atom is -0.476 e. The van der Waals surface area contributed by atoms with Crippen LogP contribution in [0.15, 0.2) is 47.4 Å². The summed E-state index contributed by atoms with van der Waals surface area (Å²) in [5, 5.41) is 13.6. The van der Waals surface area contributed by atoms with Crippen LogP contribution in [0.5, 0.6) is 0 Å². The SMILES string of the molecule is Cc1cc([C@@H](C)Nc2ccc(Cl)nc2C(=O)O)c2nc(-c3ccc(Cl)nc3)n(C)c(=O)c2c1. The number of hydrogen-bond acceptors (Lipinski definition) is 6. The molecule has 3 heterocycles. The predicted molar refractivity (Wildman–Crippen MR) is 128 cm³/mol. The monoisotopic (exact) mass is 483 g/mol. The number of hydrogen-bond donors (Lipinski definition) is 2. The number of halogens is 2. The van der Waals surface area contributed by atoms with Crippen LogP contribution in [0, 0.1) is 6.92 Å². The van der Waals surface area contributed by atoms with Crippen LogP contribution in [0.4, 0.5) is 5.69 Å². The number of carbonyl (C=O) groups is 1. The fourth-order valence-electron chi connectivity index (χ4n) is 3.67. The number of carboxylic acids is 1. The molecule has 0 bridgehead atoms. The number of nitrogens with zero attached hydrogens (tertiary/aromatic N) is 4. The topological polar surface area (TPSA) is 110 Å². The van der Waals surface area contributed by atoms with E-state index in [4.69, 9.17) is 28.2 Å². The van der Waals surface area contributed by atoms with E-state index < -0.39 is 12.0 Å². The van der Waals surface area contributed by atoms with Gasteiger partial charge in [0, 0.05) is 24.4 Å². The van der Waals surface area contributed by atoms with Crippen molar-refractivity contribution >= 4 is 45.8 Å². The molecule has 10 heteroatoms. The number of aryl methyl sites for hydroxylation is 1. The van der Waals surface area contributed by atoms with Crippen molar-refractivity contribution in [1.29, 1.82) is 0 Å². The first-order chi connectivity index (χ1) is 15.7. The van der Waals surface area contributed by atoms with Crippen LogP contribution in [0.25, 0.3) is 22.3 Å². The van der Waals surface area contributed by atoms with Gasteiger partial charge >= 0.3 is 5.97 Å². The quantitative estimate of drug-likeness (QED) is 0.389. The van der Waals surface area contributed by atoms with Gasteiger partial charge in [0.05, 0.1) is 22.6 Å². The van der Waals surface area contributed by atoms with Gasteiger partial charge in [-0.2, -0.15) is 0 Å². The minimum absolute atomic E-state index is 0.0815. The number of aromatic nitrogens is 4. The number of aromatic carboxylic acids is 1. The highest BCUT2D eigenvalue weighted by molar-refractivity contribution is 6.29. The lowest BCUT2D eigenvalue weighted by Gasteiger charge is -2.20. The lowest BCUT2D eigenvalue weighted by molar-refractivity contribution is 0.0691. The first kappa shape index (κ1) is 22.7. The third-order valence-corrected chi connectivity index (χ3v) is 5.68. The summed E-state index contributed by atoms with van der Waals surface area (Å²) >= 11 is 11.8. The van der Waals surface area contributed by atoms with E-state index in [0.717, 1.165) is 11.1 Å². The maximum atomic E-state index is 13.2. The molecule has 1 aromatic carbocycles. The van der Waals surface area contributed by atoms with E-state index in [1.165, 1.54) is 10.6 Å². The average Bonchev–Trinajstić information content (AvgIpc) is 2.77. The molecule has 4 aromatic rings. The van der Waals surface area contributed by atoms with Gasteiger partial charge in [0.1, 0.15) is 16.1 Å². The summed E-state index contributed by atoms with van der Waals surface area (Å²) in [7, 11) is 1.65. The summed E-state index contributed by atoms with van der Waals surface area (Å²) in [6.45, 7) is 3.75. The molecule has 0 saturated carbocycles. The Labute approximate surface area is 198 Å². The van der Waals surface area contributed by atoms with Crippen molar-refractivity contribution in [3.63, 3.8) is 0 Å². The number of rotatable bonds is 5. The summed E-state index contributed by atoms with van der Waals surface area (Å²) in [5.41, 5.74) is 2.66. The molecule has 3 aromatic heterocycles. The molecule has 0 radical (unpaired) electrons. The molecule has 0 aliphatic rings. The number of carboxylic acid groups (broad SMARTS) is 1. The third kappa shape index (κ3) is 4.40. The van der Waals surface area contributed by atoms with Crippen molar-refractivity contribution in [1.82, 2.24) is 19.5 Å². The van der Waals surface area contributed by atoms with Crippen LogP contribution in [0.1, 0.15) is 34.6 Å². The van der Waals surface area contributed by atoms with Gasteiger partial charge in [-0.05, 0) is 49.7 Å². The molecule has 1 atom stereocenters. The van der Waals surface area contributed by atoms with E-state index in [9.17, 15) is 14.7 Å². The van der Waals surface area contributed by atoms with Crippen molar-refractivity contribution in [2.45, 2.75) is 19.9 Å². The van der Waals surface area contributed by atoms with Crippen molar-refractivity contribution in [2.75, 3.05) is 5.32 Å². The van der Waals surface area contributed by atoms with Gasteiger partial charge in [-0.15, -0.1) is 0 Å². The van der Waals surface area contributed by atoms with Gasteiger partial charge < -0.3 is 10.4 Å². The highest BCUT2D eigenvalue weighted by Crippen LogP contribution is 2.29. The largest absolute Gasteiger partial charge is 0.476 e. The number of anilines is 1. The summed E-state index contributed by atoms with van der Waals surface area (Å²) in [4.78, 5) is 37.6. The lowest BCUT2D eigenvalue weighted by Crippen LogP contribution is -2.22. The Balaban J connectivity index is 1.88. The van der Waals surface area contributed by atoms with E-state index in [-0.39, 0.29) is 16.4 Å². The first-order valence-electron chi connectivity index (χ1n) is 9.95. The molecule has 0 spiro atoms. The highest BCUT2D eigenvalue weighted by Gasteiger charge is 2.20. The van der Waals surface area contributed by atoms with Crippen molar-refractivity contribution in [3.05, 3.63) is 80.1 Å². The fraction of sp³-hybridized carbons (Fsp3) is 0.174. The van der Waals surface area contributed by atoms with E-state index in [1.807, 2.05) is 19.9 Å². The first-order valence-corrected chi connectivity index (χ1v) is 10.7. The molecule has 2 N–H and O–H groups in total. The zero-order valence-corrected chi connectivity index (χ0v) is 19.4. The molecule has 0 aliphatic carbocycles. The van der Waals surface area contributed by atoms with Gasteiger partial charge in [-0.25, -0.2) is 19.7 Å². The molecule has 168 valence electrons. The summed E-state index contributed by atoms with van der Waals surface area (Å²) in [5.74, 6) is -0.765. The Morgan fingerprint density at radius 2 is 1.85 bits per heavy atom. The fourth-order valence-corrected chi connectivity index (χ4v) is 3.93. The van der Waals surface area contributed by atoms with Crippen LogP contribution in [-0.2, 0) is 7.05 Å². The Hall–Kier alpha value is -3.49. The van der Waals surface area contributed by atoms with E-state index in [0.29, 0.717) is 33.1 Å². The van der Waals surface area contributed by atoms with Crippen molar-refractivity contribution < 1.29 is 9.90 Å². The second kappa shape index (κ2) is 8.80. The van der Waals surface area contributed by atoms with Gasteiger partial charge in [0.2, 0.25) is 0 Å². The molecule has 0 aliphatic heterocycles.